The maximum absolute atomic E-state index is 5.44. The average molecular weight is 420 g/mol. The van der Waals surface area contributed by atoms with Gasteiger partial charge in [-0.05, 0) is 45.6 Å². The van der Waals surface area contributed by atoms with Crippen LogP contribution in [0.1, 0.15) is 78.5 Å². The SMILES string of the molecule is CCCCc1ccc2c(n1)[N+]1(CC)CC[N+]23c2ccccc2C(C)(CC)C(C)(CC)C13. The van der Waals surface area contributed by atoms with Crippen LogP contribution in [0.25, 0.3) is 0 Å². The van der Waals surface area contributed by atoms with Crippen molar-refractivity contribution in [1.82, 2.24) is 14.0 Å². The van der Waals surface area contributed by atoms with Crippen molar-refractivity contribution in [1.29, 1.82) is 0 Å². The Bertz CT molecular complexity index is 1020. The van der Waals surface area contributed by atoms with Gasteiger partial charge in [-0.25, -0.2) is 4.48 Å². The molecule has 0 aliphatic carbocycles. The molecule has 5 rings (SSSR count). The molecule has 0 amide bonds. The molecule has 1 aromatic heterocycles. The minimum Gasteiger partial charge on any atom is -0.215 e. The van der Waals surface area contributed by atoms with Crippen LogP contribution < -0.4 is 8.97 Å². The largest absolute Gasteiger partial charge is 0.295 e. The maximum Gasteiger partial charge on any atom is 0.295 e. The molecular weight excluding hydrogens is 378 g/mol. The van der Waals surface area contributed by atoms with Crippen molar-refractivity contribution in [3.8, 4) is 0 Å². The standard InChI is InChI=1S/C28H41N3/c1-7-11-14-21-17-18-24-25(29-21)30(10-4)19-20-31(24)23-16-13-12-15-22(23)27(5,8-2)28(6,9-3)26(30)31/h12-13,15-18,26H,7-11,14,19-20H2,1-6H3/q+2. The molecule has 3 nitrogen and oxygen atoms in total. The Morgan fingerprint density at radius 2 is 1.71 bits per heavy atom. The quantitative estimate of drug-likeness (QED) is 0.467. The molecule has 5 unspecified atom stereocenters. The van der Waals surface area contributed by atoms with Gasteiger partial charge in [0, 0.05) is 28.8 Å². The van der Waals surface area contributed by atoms with Crippen LogP contribution in [0.4, 0.5) is 17.2 Å². The molecular formula is C28H41N3+2. The van der Waals surface area contributed by atoms with Crippen LogP contribution in [0.2, 0.25) is 0 Å². The highest BCUT2D eigenvalue weighted by molar-refractivity contribution is 5.81. The molecule has 1 fully saturated rings. The van der Waals surface area contributed by atoms with Gasteiger partial charge in [0.1, 0.15) is 18.8 Å². The van der Waals surface area contributed by atoms with E-state index in [1.165, 1.54) is 56.0 Å². The monoisotopic (exact) mass is 419 g/mol. The van der Waals surface area contributed by atoms with Crippen LogP contribution in [0.15, 0.2) is 36.4 Å². The second-order valence-corrected chi connectivity index (χ2v) is 10.8. The number of likely N-dealkylation sites (N-methyl/N-ethyl adjacent to an activating group) is 1. The smallest absolute Gasteiger partial charge is 0.215 e. The number of pyridine rings is 1. The molecule has 0 radical (unpaired) electrons. The summed E-state index contributed by atoms with van der Waals surface area (Å²) in [7, 11) is 0. The number of aryl methyl sites for hydroxylation is 1. The number of quaternary nitrogens is 2. The third kappa shape index (κ3) is 2.25. The molecule has 2 bridgehead atoms. The van der Waals surface area contributed by atoms with Crippen LogP contribution in [-0.2, 0) is 11.8 Å². The summed E-state index contributed by atoms with van der Waals surface area (Å²) in [6.45, 7) is 18.3. The lowest BCUT2D eigenvalue weighted by Gasteiger charge is -2.57. The highest BCUT2D eigenvalue weighted by Gasteiger charge is 2.80. The summed E-state index contributed by atoms with van der Waals surface area (Å²) in [4.78, 5) is 5.44. The molecule has 1 saturated heterocycles. The number of unbranched alkanes of at least 4 members (excludes halogenated alkanes) is 1. The minimum atomic E-state index is 0.168. The van der Waals surface area contributed by atoms with Crippen molar-refractivity contribution in [2.45, 2.75) is 85.2 Å². The first-order valence-electron chi connectivity index (χ1n) is 12.7. The lowest BCUT2D eigenvalue weighted by atomic mass is 9.54. The Morgan fingerprint density at radius 3 is 2.39 bits per heavy atom. The van der Waals surface area contributed by atoms with Crippen LogP contribution in [0.5, 0.6) is 0 Å². The summed E-state index contributed by atoms with van der Waals surface area (Å²) >= 11 is 0. The fourth-order valence-electron chi connectivity index (χ4n) is 7.99. The van der Waals surface area contributed by atoms with Gasteiger partial charge in [0.15, 0.2) is 0 Å². The molecule has 3 aliphatic heterocycles. The van der Waals surface area contributed by atoms with Gasteiger partial charge in [-0.2, -0.15) is 9.47 Å². The van der Waals surface area contributed by atoms with Gasteiger partial charge in [-0.3, -0.25) is 0 Å². The number of benzene rings is 1. The van der Waals surface area contributed by atoms with Crippen molar-refractivity contribution < 1.29 is 0 Å². The summed E-state index contributed by atoms with van der Waals surface area (Å²) in [5, 5.41) is 0. The Labute approximate surface area is 189 Å². The molecule has 0 saturated carbocycles. The van der Waals surface area contributed by atoms with E-state index < -0.39 is 0 Å². The number of fused-ring (bicyclic) bond motifs is 3. The Hall–Kier alpha value is -1.71. The molecule has 0 N–H and O–H groups in total. The second-order valence-electron chi connectivity index (χ2n) is 10.8. The minimum absolute atomic E-state index is 0.168. The highest BCUT2D eigenvalue weighted by Crippen LogP contribution is 2.70. The summed E-state index contributed by atoms with van der Waals surface area (Å²) in [5.74, 6) is 1.39. The first-order chi connectivity index (χ1) is 14.9. The van der Waals surface area contributed by atoms with Crippen molar-refractivity contribution in [3.63, 3.8) is 0 Å². The molecule has 4 heterocycles. The van der Waals surface area contributed by atoms with Gasteiger partial charge in [-0.15, -0.1) is 0 Å². The van der Waals surface area contributed by atoms with Gasteiger partial charge >= 0.3 is 0 Å². The molecule has 3 aliphatic rings. The first kappa shape index (κ1) is 21.2. The predicted molar refractivity (Wildman–Crippen MR) is 133 cm³/mol. The van der Waals surface area contributed by atoms with E-state index in [1.54, 1.807) is 11.3 Å². The lowest BCUT2D eigenvalue weighted by Crippen LogP contribution is -2.71. The number of rotatable bonds is 6. The van der Waals surface area contributed by atoms with E-state index in [2.05, 4.69) is 77.9 Å². The normalized spacial score (nSPS) is 37.4. The summed E-state index contributed by atoms with van der Waals surface area (Å²) in [6.07, 6.45) is 6.46. The third-order valence-corrected chi connectivity index (χ3v) is 10.1. The van der Waals surface area contributed by atoms with E-state index in [9.17, 15) is 0 Å². The van der Waals surface area contributed by atoms with E-state index in [0.717, 1.165) is 21.9 Å². The van der Waals surface area contributed by atoms with E-state index in [1.807, 2.05) is 0 Å². The number of para-hydroxylation sites is 1. The zero-order valence-electron chi connectivity index (χ0n) is 20.5. The van der Waals surface area contributed by atoms with E-state index in [0.29, 0.717) is 6.17 Å². The molecule has 0 spiro atoms. The van der Waals surface area contributed by atoms with Crippen LogP contribution in [-0.4, -0.2) is 30.8 Å². The molecule has 31 heavy (non-hydrogen) atoms. The molecule has 166 valence electrons. The highest BCUT2D eigenvalue weighted by atomic mass is 15.7. The Balaban J connectivity index is 1.85. The lowest BCUT2D eigenvalue weighted by molar-refractivity contribution is -0.0157. The molecule has 1 aromatic carbocycles. The van der Waals surface area contributed by atoms with Crippen molar-refractivity contribution in [2.24, 2.45) is 5.41 Å². The number of hydrogen-bond donors (Lipinski definition) is 0. The number of hydrogen-bond acceptors (Lipinski definition) is 1. The van der Waals surface area contributed by atoms with Gasteiger partial charge in [-0.1, -0.05) is 52.3 Å². The van der Waals surface area contributed by atoms with Crippen LogP contribution in [0, 0.1) is 5.41 Å². The van der Waals surface area contributed by atoms with Crippen LogP contribution in [0.3, 0.4) is 0 Å². The summed E-state index contributed by atoms with van der Waals surface area (Å²) in [5.41, 5.74) is 6.29. The van der Waals surface area contributed by atoms with Gasteiger partial charge in [0.25, 0.3) is 5.82 Å². The number of nitrogens with zero attached hydrogens (tertiary/aromatic N) is 3. The first-order valence-corrected chi connectivity index (χ1v) is 12.7. The van der Waals surface area contributed by atoms with Crippen molar-refractivity contribution in [3.05, 3.63) is 47.7 Å². The van der Waals surface area contributed by atoms with E-state index >= 15 is 0 Å². The predicted octanol–water partition coefficient (Wildman–Crippen LogP) is 6.84. The van der Waals surface area contributed by atoms with Gasteiger partial charge in [0.05, 0.1) is 12.0 Å². The Kier molecular flexibility index (Phi) is 4.70. The summed E-state index contributed by atoms with van der Waals surface area (Å²) < 4.78 is 2.10. The Morgan fingerprint density at radius 1 is 0.935 bits per heavy atom. The van der Waals surface area contributed by atoms with E-state index in [4.69, 9.17) is 4.98 Å². The maximum atomic E-state index is 5.44. The van der Waals surface area contributed by atoms with E-state index in [-0.39, 0.29) is 10.8 Å². The zero-order valence-corrected chi connectivity index (χ0v) is 20.5. The fourth-order valence-corrected chi connectivity index (χ4v) is 7.99. The topological polar surface area (TPSA) is 12.9 Å². The second kappa shape index (κ2) is 6.89. The van der Waals surface area contributed by atoms with Gasteiger partial charge in [0.2, 0.25) is 11.9 Å². The fraction of sp³-hybridized carbons (Fsp3) is 0.607. The zero-order chi connectivity index (χ0) is 22.1. The van der Waals surface area contributed by atoms with Crippen molar-refractivity contribution in [2.75, 3.05) is 19.6 Å². The average Bonchev–Trinajstić information content (AvgIpc) is 3.30. The van der Waals surface area contributed by atoms with Gasteiger partial charge < -0.3 is 0 Å². The van der Waals surface area contributed by atoms with Crippen LogP contribution >= 0.6 is 0 Å². The third-order valence-electron chi connectivity index (χ3n) is 10.1. The number of aromatic nitrogens is 1. The summed E-state index contributed by atoms with van der Waals surface area (Å²) in [6, 6.07) is 14.2. The molecule has 2 aromatic rings. The molecule has 5 atom stereocenters. The van der Waals surface area contributed by atoms with Crippen molar-refractivity contribution >= 4 is 17.2 Å². The molecule has 3 heteroatoms.